The summed E-state index contributed by atoms with van der Waals surface area (Å²) in [6.07, 6.45) is 0. The maximum absolute atomic E-state index is 13.6. The molecule has 0 saturated heterocycles. The zero-order valence-electron chi connectivity index (χ0n) is 9.35. The third-order valence-corrected chi connectivity index (χ3v) is 3.86. The van der Waals surface area contributed by atoms with Gasteiger partial charge in [0.1, 0.15) is 17.2 Å². The molecule has 0 atom stereocenters. The molecule has 0 radical (unpaired) electrons. The molecule has 0 amide bonds. The zero-order chi connectivity index (χ0) is 13.6. The van der Waals surface area contributed by atoms with Gasteiger partial charge >= 0.3 is 0 Å². The van der Waals surface area contributed by atoms with Crippen LogP contribution in [0.3, 0.4) is 0 Å². The summed E-state index contributed by atoms with van der Waals surface area (Å²) in [6, 6.07) is 7.36. The monoisotopic (exact) mass is 390 g/mol. The minimum Gasteiger partial charge on any atom is -0.338 e. The van der Waals surface area contributed by atoms with E-state index in [1.165, 1.54) is 6.07 Å². The van der Waals surface area contributed by atoms with Gasteiger partial charge in [-0.2, -0.15) is 0 Å². The maximum Gasteiger partial charge on any atom is 0.153 e. The Kier molecular flexibility index (Phi) is 3.18. The van der Waals surface area contributed by atoms with Crippen LogP contribution >= 0.6 is 34.2 Å². The number of hydrogen-bond acceptors (Lipinski definition) is 1. The number of benzene rings is 2. The van der Waals surface area contributed by atoms with Crippen molar-refractivity contribution < 1.29 is 8.78 Å². The van der Waals surface area contributed by atoms with E-state index in [-0.39, 0.29) is 5.52 Å². The Morgan fingerprint density at radius 3 is 2.74 bits per heavy atom. The van der Waals surface area contributed by atoms with Crippen LogP contribution < -0.4 is 0 Å². The summed E-state index contributed by atoms with van der Waals surface area (Å²) in [7, 11) is 0. The molecule has 0 unspecified atom stereocenters. The zero-order valence-corrected chi connectivity index (χ0v) is 12.3. The number of H-pyrrole nitrogens is 1. The number of aromatic amines is 1. The van der Waals surface area contributed by atoms with Gasteiger partial charge in [0, 0.05) is 20.2 Å². The molecule has 0 aliphatic heterocycles. The Hall–Kier alpha value is -1.21. The van der Waals surface area contributed by atoms with Crippen LogP contribution in [0.1, 0.15) is 0 Å². The minimum atomic E-state index is -0.686. The van der Waals surface area contributed by atoms with Crippen molar-refractivity contribution in [2.45, 2.75) is 0 Å². The summed E-state index contributed by atoms with van der Waals surface area (Å²) in [6.45, 7) is 0. The SMILES string of the molecule is Fc1cc(F)c2nc(-c3cc(Cl)ccc3I)[nH]c2c1. The molecule has 0 spiro atoms. The quantitative estimate of drug-likeness (QED) is 0.596. The fourth-order valence-electron chi connectivity index (χ4n) is 1.85. The van der Waals surface area contributed by atoms with Crippen LogP contribution in [0.5, 0.6) is 0 Å². The van der Waals surface area contributed by atoms with E-state index < -0.39 is 11.6 Å². The standard InChI is InChI=1S/C13H6ClF2IN2/c14-6-1-2-10(17)8(3-6)13-18-11-5-7(15)4-9(16)12(11)19-13/h1-5H,(H,18,19). The van der Waals surface area contributed by atoms with Crippen LogP contribution in [-0.4, -0.2) is 9.97 Å². The molecule has 3 aromatic rings. The summed E-state index contributed by atoms with van der Waals surface area (Å²) in [5.74, 6) is -0.859. The van der Waals surface area contributed by atoms with Crippen molar-refractivity contribution in [3.8, 4) is 11.4 Å². The topological polar surface area (TPSA) is 28.7 Å². The second-order valence-electron chi connectivity index (χ2n) is 3.99. The summed E-state index contributed by atoms with van der Waals surface area (Å²) >= 11 is 8.08. The Balaban J connectivity index is 2.26. The highest BCUT2D eigenvalue weighted by Crippen LogP contribution is 2.28. The minimum absolute atomic E-state index is 0.118. The number of halogens is 4. The molecule has 2 aromatic carbocycles. The lowest BCUT2D eigenvalue weighted by molar-refractivity contribution is 0.591. The Morgan fingerprint density at radius 1 is 1.16 bits per heavy atom. The summed E-state index contributed by atoms with van der Waals surface area (Å²) in [5, 5.41) is 0.558. The number of aromatic nitrogens is 2. The Labute approximate surface area is 125 Å². The van der Waals surface area contributed by atoms with Crippen molar-refractivity contribution in [2.75, 3.05) is 0 Å². The highest BCUT2D eigenvalue weighted by atomic mass is 127. The van der Waals surface area contributed by atoms with Crippen LogP contribution in [0.15, 0.2) is 30.3 Å². The molecule has 0 aliphatic rings. The predicted molar refractivity (Wildman–Crippen MR) is 79.2 cm³/mol. The van der Waals surface area contributed by atoms with Gasteiger partial charge in [-0.3, -0.25) is 0 Å². The average molecular weight is 391 g/mol. The molecule has 1 N–H and O–H groups in total. The first kappa shape index (κ1) is 12.8. The molecular weight excluding hydrogens is 385 g/mol. The number of nitrogens with zero attached hydrogens (tertiary/aromatic N) is 1. The largest absolute Gasteiger partial charge is 0.338 e. The van der Waals surface area contributed by atoms with Crippen molar-refractivity contribution in [3.63, 3.8) is 0 Å². The van der Waals surface area contributed by atoms with Crippen molar-refractivity contribution in [1.82, 2.24) is 9.97 Å². The van der Waals surface area contributed by atoms with E-state index in [2.05, 4.69) is 32.6 Å². The summed E-state index contributed by atoms with van der Waals surface area (Å²) in [4.78, 5) is 7.07. The van der Waals surface area contributed by atoms with Gasteiger partial charge in [0.2, 0.25) is 0 Å². The van der Waals surface area contributed by atoms with Crippen molar-refractivity contribution in [1.29, 1.82) is 0 Å². The van der Waals surface area contributed by atoms with Gasteiger partial charge in [-0.1, -0.05) is 11.6 Å². The van der Waals surface area contributed by atoms with Crippen molar-refractivity contribution in [3.05, 3.63) is 50.6 Å². The summed E-state index contributed by atoms with van der Waals surface area (Å²) < 4.78 is 27.7. The molecule has 3 rings (SSSR count). The van der Waals surface area contributed by atoms with Gasteiger partial charge in [0.05, 0.1) is 5.52 Å². The number of nitrogens with one attached hydrogen (secondary N) is 1. The van der Waals surface area contributed by atoms with E-state index in [4.69, 9.17) is 11.6 Å². The van der Waals surface area contributed by atoms with E-state index in [1.54, 1.807) is 12.1 Å². The van der Waals surface area contributed by atoms with Crippen LogP contribution in [0.25, 0.3) is 22.4 Å². The van der Waals surface area contributed by atoms with E-state index in [9.17, 15) is 8.78 Å². The van der Waals surface area contributed by atoms with Crippen LogP contribution in [0, 0.1) is 15.2 Å². The maximum atomic E-state index is 13.6. The molecule has 1 aromatic heterocycles. The first-order valence-corrected chi connectivity index (χ1v) is 6.80. The lowest BCUT2D eigenvalue weighted by Crippen LogP contribution is -1.85. The van der Waals surface area contributed by atoms with Gasteiger partial charge in [0.25, 0.3) is 0 Å². The van der Waals surface area contributed by atoms with Crippen LogP contribution in [-0.2, 0) is 0 Å². The highest BCUT2D eigenvalue weighted by molar-refractivity contribution is 14.1. The number of imidazole rings is 1. The lowest BCUT2D eigenvalue weighted by Gasteiger charge is -2.00. The third kappa shape index (κ3) is 2.32. The van der Waals surface area contributed by atoms with Gasteiger partial charge in [0.15, 0.2) is 5.82 Å². The molecule has 0 saturated carbocycles. The average Bonchev–Trinajstić information content (AvgIpc) is 2.76. The van der Waals surface area contributed by atoms with Crippen molar-refractivity contribution in [2.24, 2.45) is 0 Å². The lowest BCUT2D eigenvalue weighted by atomic mass is 10.2. The molecule has 1 heterocycles. The van der Waals surface area contributed by atoms with Gasteiger partial charge in [-0.25, -0.2) is 13.8 Å². The Morgan fingerprint density at radius 2 is 1.95 bits per heavy atom. The smallest absolute Gasteiger partial charge is 0.153 e. The van der Waals surface area contributed by atoms with Gasteiger partial charge < -0.3 is 4.98 Å². The van der Waals surface area contributed by atoms with Gasteiger partial charge in [-0.15, -0.1) is 0 Å². The van der Waals surface area contributed by atoms with E-state index in [0.29, 0.717) is 16.4 Å². The van der Waals surface area contributed by atoms with E-state index >= 15 is 0 Å². The molecule has 19 heavy (non-hydrogen) atoms. The molecule has 0 bridgehead atoms. The molecule has 0 fully saturated rings. The fraction of sp³-hybridized carbons (Fsp3) is 0. The fourth-order valence-corrected chi connectivity index (χ4v) is 2.61. The van der Waals surface area contributed by atoms with Gasteiger partial charge in [-0.05, 0) is 46.9 Å². The van der Waals surface area contributed by atoms with E-state index in [1.807, 2.05) is 6.07 Å². The van der Waals surface area contributed by atoms with Crippen molar-refractivity contribution >= 4 is 45.2 Å². The molecule has 2 nitrogen and oxygen atoms in total. The molecule has 96 valence electrons. The number of fused-ring (bicyclic) bond motifs is 1. The highest BCUT2D eigenvalue weighted by Gasteiger charge is 2.13. The number of rotatable bonds is 1. The van der Waals surface area contributed by atoms with Crippen LogP contribution in [0.2, 0.25) is 5.02 Å². The van der Waals surface area contributed by atoms with Crippen LogP contribution in [0.4, 0.5) is 8.78 Å². The predicted octanol–water partition coefficient (Wildman–Crippen LogP) is 4.77. The molecular formula is C13H6ClF2IN2. The summed E-state index contributed by atoms with van der Waals surface area (Å²) in [5.41, 5.74) is 1.19. The third-order valence-electron chi connectivity index (χ3n) is 2.69. The number of hydrogen-bond donors (Lipinski definition) is 1. The Bertz CT molecular complexity index is 786. The second kappa shape index (κ2) is 4.72. The molecule has 0 aliphatic carbocycles. The van der Waals surface area contributed by atoms with E-state index in [0.717, 1.165) is 15.2 Å². The first-order chi connectivity index (χ1) is 9.04. The molecule has 6 heteroatoms. The second-order valence-corrected chi connectivity index (χ2v) is 5.59. The first-order valence-electron chi connectivity index (χ1n) is 5.35. The normalized spacial score (nSPS) is 11.2.